The lowest BCUT2D eigenvalue weighted by Crippen LogP contribution is -2.49. The summed E-state index contributed by atoms with van der Waals surface area (Å²) in [7, 11) is 0. The number of benzene rings is 1. The second-order valence-corrected chi connectivity index (χ2v) is 6.37. The maximum atomic E-state index is 12.2. The van der Waals surface area contributed by atoms with E-state index in [0.29, 0.717) is 11.1 Å². The van der Waals surface area contributed by atoms with Crippen LogP contribution < -0.4 is 5.32 Å². The van der Waals surface area contributed by atoms with Gasteiger partial charge in [0.1, 0.15) is 0 Å². The molecule has 1 aromatic rings. The van der Waals surface area contributed by atoms with Gasteiger partial charge in [0, 0.05) is 27.6 Å². The van der Waals surface area contributed by atoms with Gasteiger partial charge in [0.15, 0.2) is 0 Å². The van der Waals surface area contributed by atoms with Crippen molar-refractivity contribution >= 4 is 27.5 Å². The number of hydrogen-bond donors (Lipinski definition) is 1. The minimum absolute atomic E-state index is 0.0441. The molecule has 0 saturated carbocycles. The van der Waals surface area contributed by atoms with Gasteiger partial charge in [-0.3, -0.25) is 14.9 Å². The summed E-state index contributed by atoms with van der Waals surface area (Å²) in [5, 5.41) is 13.7. The van der Waals surface area contributed by atoms with Crippen molar-refractivity contribution in [3.05, 3.63) is 39.4 Å². The Morgan fingerprint density at radius 3 is 2.53 bits per heavy atom. The van der Waals surface area contributed by atoms with E-state index in [2.05, 4.69) is 21.2 Å². The number of nitrogens with one attached hydrogen (secondary N) is 1. The van der Waals surface area contributed by atoms with Crippen LogP contribution in [0.1, 0.15) is 36.7 Å². The number of carbonyl (C=O) groups is 1. The van der Waals surface area contributed by atoms with E-state index in [1.165, 1.54) is 12.1 Å². The molecular formula is C13H17BrN2O3. The molecular weight excluding hydrogens is 312 g/mol. The average molecular weight is 329 g/mol. The van der Waals surface area contributed by atoms with Crippen LogP contribution >= 0.6 is 15.9 Å². The van der Waals surface area contributed by atoms with Gasteiger partial charge in [-0.25, -0.2) is 0 Å². The minimum atomic E-state index is -0.482. The van der Waals surface area contributed by atoms with Gasteiger partial charge in [-0.2, -0.15) is 0 Å². The molecule has 0 aliphatic rings. The number of carbonyl (C=O) groups excluding carboxylic acids is 1. The van der Waals surface area contributed by atoms with Crippen LogP contribution in [0.15, 0.2) is 18.2 Å². The third-order valence-electron chi connectivity index (χ3n) is 3.18. The van der Waals surface area contributed by atoms with Gasteiger partial charge in [0.25, 0.3) is 11.6 Å². The zero-order chi connectivity index (χ0) is 14.8. The fraction of sp³-hybridized carbons (Fsp3) is 0.462. The molecule has 1 aromatic carbocycles. The zero-order valence-corrected chi connectivity index (χ0v) is 12.9. The first-order valence-electron chi connectivity index (χ1n) is 5.87. The number of halogens is 1. The predicted octanol–water partition coefficient (Wildman–Crippen LogP) is 3.20. The van der Waals surface area contributed by atoms with Crippen molar-refractivity contribution in [1.82, 2.24) is 5.32 Å². The van der Waals surface area contributed by atoms with Gasteiger partial charge < -0.3 is 5.32 Å². The molecule has 0 radical (unpaired) electrons. The number of nitro groups is 1. The standard InChI is InChI=1S/C13H17BrN2O3/c1-8-10(6-5-7-11(8)16(18)19)12(17)15-13(3,4)9(2)14/h5-7,9H,1-4H3,(H,15,17). The molecule has 0 aliphatic heterocycles. The summed E-state index contributed by atoms with van der Waals surface area (Å²) in [6.07, 6.45) is 0. The summed E-state index contributed by atoms with van der Waals surface area (Å²) < 4.78 is 0. The van der Waals surface area contributed by atoms with E-state index in [4.69, 9.17) is 0 Å². The second kappa shape index (κ2) is 5.69. The zero-order valence-electron chi connectivity index (χ0n) is 11.4. The summed E-state index contributed by atoms with van der Waals surface area (Å²) >= 11 is 3.43. The molecule has 104 valence electrons. The first-order chi connectivity index (χ1) is 8.66. The van der Waals surface area contributed by atoms with E-state index in [-0.39, 0.29) is 16.4 Å². The Hall–Kier alpha value is -1.43. The molecule has 1 N–H and O–H groups in total. The molecule has 1 atom stereocenters. The normalized spacial score (nSPS) is 12.9. The van der Waals surface area contributed by atoms with E-state index in [9.17, 15) is 14.9 Å². The number of rotatable bonds is 4. The second-order valence-electron chi connectivity index (χ2n) is 5.00. The molecule has 6 heteroatoms. The van der Waals surface area contributed by atoms with Gasteiger partial charge in [-0.15, -0.1) is 0 Å². The molecule has 1 unspecified atom stereocenters. The van der Waals surface area contributed by atoms with Gasteiger partial charge in [-0.05, 0) is 26.8 Å². The molecule has 1 rings (SSSR count). The molecule has 0 bridgehead atoms. The van der Waals surface area contributed by atoms with Gasteiger partial charge in [0.2, 0.25) is 0 Å². The first kappa shape index (κ1) is 15.6. The van der Waals surface area contributed by atoms with Crippen LogP contribution in [0, 0.1) is 17.0 Å². The Morgan fingerprint density at radius 1 is 1.47 bits per heavy atom. The number of alkyl halides is 1. The van der Waals surface area contributed by atoms with Crippen molar-refractivity contribution < 1.29 is 9.72 Å². The third kappa shape index (κ3) is 3.53. The highest BCUT2D eigenvalue weighted by atomic mass is 79.9. The van der Waals surface area contributed by atoms with Crippen LogP contribution in [0.5, 0.6) is 0 Å². The average Bonchev–Trinajstić information content (AvgIpc) is 2.27. The summed E-state index contributed by atoms with van der Waals surface area (Å²) in [6.45, 7) is 7.28. The maximum Gasteiger partial charge on any atom is 0.273 e. The number of nitro benzene ring substituents is 1. The smallest absolute Gasteiger partial charge is 0.273 e. The molecule has 5 nitrogen and oxygen atoms in total. The van der Waals surface area contributed by atoms with Crippen LogP contribution in [0.4, 0.5) is 5.69 Å². The van der Waals surface area contributed by atoms with E-state index < -0.39 is 10.5 Å². The quantitative estimate of drug-likeness (QED) is 0.524. The summed E-state index contributed by atoms with van der Waals surface area (Å²) in [4.78, 5) is 22.7. The SMILES string of the molecule is Cc1c(C(=O)NC(C)(C)C(C)Br)cccc1[N+](=O)[O-]. The highest BCUT2D eigenvalue weighted by Crippen LogP contribution is 2.23. The highest BCUT2D eigenvalue weighted by molar-refractivity contribution is 9.09. The molecule has 19 heavy (non-hydrogen) atoms. The largest absolute Gasteiger partial charge is 0.346 e. The summed E-state index contributed by atoms with van der Waals surface area (Å²) in [5.41, 5.74) is 0.213. The Balaban J connectivity index is 3.08. The minimum Gasteiger partial charge on any atom is -0.346 e. The Kier molecular flexibility index (Phi) is 4.68. The summed E-state index contributed by atoms with van der Waals surface area (Å²) in [5.74, 6) is -0.308. The number of nitrogens with zero attached hydrogens (tertiary/aromatic N) is 1. The number of amides is 1. The van der Waals surface area contributed by atoms with Crippen LogP contribution in [0.25, 0.3) is 0 Å². The Bertz CT molecular complexity index is 513. The number of hydrogen-bond acceptors (Lipinski definition) is 3. The fourth-order valence-corrected chi connectivity index (χ4v) is 1.64. The Labute approximate surface area is 120 Å². The highest BCUT2D eigenvalue weighted by Gasteiger charge is 2.27. The van der Waals surface area contributed by atoms with Gasteiger partial charge in [0.05, 0.1) is 4.92 Å². The van der Waals surface area contributed by atoms with E-state index in [1.807, 2.05) is 20.8 Å². The maximum absolute atomic E-state index is 12.2. The van der Waals surface area contributed by atoms with Crippen molar-refractivity contribution in [2.45, 2.75) is 38.1 Å². The van der Waals surface area contributed by atoms with Gasteiger partial charge in [-0.1, -0.05) is 28.9 Å². The van der Waals surface area contributed by atoms with Crippen molar-refractivity contribution in [2.75, 3.05) is 0 Å². The van der Waals surface area contributed by atoms with Crippen LogP contribution in [-0.4, -0.2) is 21.2 Å². The lowest BCUT2D eigenvalue weighted by atomic mass is 9.99. The molecule has 0 fully saturated rings. The first-order valence-corrected chi connectivity index (χ1v) is 6.79. The van der Waals surface area contributed by atoms with Crippen molar-refractivity contribution in [3.63, 3.8) is 0 Å². The molecule has 0 aliphatic carbocycles. The molecule has 0 aromatic heterocycles. The van der Waals surface area contributed by atoms with Gasteiger partial charge >= 0.3 is 0 Å². The molecule has 0 heterocycles. The Morgan fingerprint density at radius 2 is 2.05 bits per heavy atom. The fourth-order valence-electron chi connectivity index (χ4n) is 1.53. The predicted molar refractivity (Wildman–Crippen MR) is 77.8 cm³/mol. The van der Waals surface area contributed by atoms with Crippen LogP contribution in [-0.2, 0) is 0 Å². The van der Waals surface area contributed by atoms with Crippen LogP contribution in [0.3, 0.4) is 0 Å². The molecule has 0 saturated heterocycles. The topological polar surface area (TPSA) is 72.2 Å². The monoisotopic (exact) mass is 328 g/mol. The summed E-state index contributed by atoms with van der Waals surface area (Å²) in [6, 6.07) is 4.50. The van der Waals surface area contributed by atoms with E-state index in [1.54, 1.807) is 13.0 Å². The van der Waals surface area contributed by atoms with Crippen molar-refractivity contribution in [3.8, 4) is 0 Å². The lowest BCUT2D eigenvalue weighted by molar-refractivity contribution is -0.385. The lowest BCUT2D eigenvalue weighted by Gasteiger charge is -2.29. The van der Waals surface area contributed by atoms with Crippen molar-refractivity contribution in [2.24, 2.45) is 0 Å². The third-order valence-corrected chi connectivity index (χ3v) is 4.32. The molecule has 1 amide bonds. The van der Waals surface area contributed by atoms with E-state index in [0.717, 1.165) is 0 Å². The molecule has 0 spiro atoms. The van der Waals surface area contributed by atoms with Crippen molar-refractivity contribution in [1.29, 1.82) is 0 Å². The van der Waals surface area contributed by atoms with E-state index >= 15 is 0 Å². The van der Waals surface area contributed by atoms with Crippen LogP contribution in [0.2, 0.25) is 0 Å².